The molecule has 3 aromatic rings. The van der Waals surface area contributed by atoms with Gasteiger partial charge in [0, 0.05) is 11.4 Å². The minimum Gasteiger partial charge on any atom is -0.457 e. The Balaban J connectivity index is 1.45. The summed E-state index contributed by atoms with van der Waals surface area (Å²) in [5.74, 6) is 1.53. The third-order valence-electron chi connectivity index (χ3n) is 5.38. The van der Waals surface area contributed by atoms with Gasteiger partial charge in [0.1, 0.15) is 29.6 Å². The van der Waals surface area contributed by atoms with Crippen molar-refractivity contribution in [2.75, 3.05) is 20.3 Å². The highest BCUT2D eigenvalue weighted by Crippen LogP contribution is 2.44. The van der Waals surface area contributed by atoms with Crippen molar-refractivity contribution in [1.82, 2.24) is 4.90 Å². The fraction of sp³-hybridized carbons (Fsp3) is 0.269. The average Bonchev–Trinajstić information content (AvgIpc) is 3.27. The predicted octanol–water partition coefficient (Wildman–Crippen LogP) is 6.28. The van der Waals surface area contributed by atoms with Gasteiger partial charge in [-0.2, -0.15) is 0 Å². The molecule has 7 heteroatoms. The number of hydrogen-bond donors (Lipinski definition) is 0. The van der Waals surface area contributed by atoms with E-state index in [1.807, 2.05) is 84.9 Å². The van der Waals surface area contributed by atoms with Gasteiger partial charge in [0.15, 0.2) is 0 Å². The summed E-state index contributed by atoms with van der Waals surface area (Å²) in [6, 6.07) is 27.1. The van der Waals surface area contributed by atoms with E-state index in [9.17, 15) is 4.79 Å². The van der Waals surface area contributed by atoms with Crippen LogP contribution in [-0.2, 0) is 21.1 Å². The quantitative estimate of drug-likeness (QED) is 0.274. The van der Waals surface area contributed by atoms with E-state index in [1.54, 1.807) is 16.7 Å². The monoisotopic (exact) mass is 465 g/mol. The first-order chi connectivity index (χ1) is 16.2. The molecule has 33 heavy (non-hydrogen) atoms. The third kappa shape index (κ3) is 6.07. The van der Waals surface area contributed by atoms with Crippen molar-refractivity contribution in [3.63, 3.8) is 0 Å². The first-order valence-corrected chi connectivity index (χ1v) is 11.7. The van der Waals surface area contributed by atoms with Crippen LogP contribution in [0.2, 0.25) is 0 Å². The molecule has 3 aromatic carbocycles. The zero-order valence-corrected chi connectivity index (χ0v) is 19.3. The van der Waals surface area contributed by atoms with Gasteiger partial charge in [-0.3, -0.25) is 4.90 Å². The summed E-state index contributed by atoms with van der Waals surface area (Å²) in [7, 11) is 1.47. The third-order valence-corrected chi connectivity index (χ3v) is 6.81. The highest BCUT2D eigenvalue weighted by atomic mass is 32.2. The molecule has 1 saturated heterocycles. The van der Waals surface area contributed by atoms with E-state index in [1.165, 1.54) is 7.11 Å². The van der Waals surface area contributed by atoms with Crippen molar-refractivity contribution in [2.45, 2.75) is 29.2 Å². The molecule has 6 nitrogen and oxygen atoms in total. The van der Waals surface area contributed by atoms with Gasteiger partial charge in [-0.05, 0) is 54.8 Å². The molecule has 0 spiro atoms. The summed E-state index contributed by atoms with van der Waals surface area (Å²) in [4.78, 5) is 25.4. The highest BCUT2D eigenvalue weighted by molar-refractivity contribution is 8.00. The van der Waals surface area contributed by atoms with Gasteiger partial charge in [0.25, 0.3) is 0 Å². The highest BCUT2D eigenvalue weighted by Gasteiger charge is 2.46. The molecule has 0 saturated carbocycles. The molecule has 4 rings (SSSR count). The lowest BCUT2D eigenvalue weighted by Crippen LogP contribution is -2.48. The molecule has 172 valence electrons. The van der Waals surface area contributed by atoms with Crippen molar-refractivity contribution in [3.05, 3.63) is 90.5 Å². The van der Waals surface area contributed by atoms with Crippen LogP contribution in [0, 0.1) is 0 Å². The summed E-state index contributed by atoms with van der Waals surface area (Å²) in [5.41, 5.74) is 0.949. The second-order valence-corrected chi connectivity index (χ2v) is 9.09. The maximum absolute atomic E-state index is 13.0. The average molecular weight is 466 g/mol. The van der Waals surface area contributed by atoms with Gasteiger partial charge >= 0.3 is 6.09 Å². The Hall–Kier alpha value is -3.00. The van der Waals surface area contributed by atoms with Gasteiger partial charge in [-0.1, -0.05) is 60.3 Å². The molecule has 1 atom stereocenters. The molecular formula is C26H27NO5S. The number of hydrogen-bond acceptors (Lipinski definition) is 6. The number of carbonyl (C=O) groups is 1. The van der Waals surface area contributed by atoms with E-state index < -0.39 is 4.87 Å². The van der Waals surface area contributed by atoms with Crippen molar-refractivity contribution >= 4 is 17.9 Å². The summed E-state index contributed by atoms with van der Waals surface area (Å²) >= 11 is 1.58. The lowest BCUT2D eigenvalue weighted by molar-refractivity contribution is -0.280. The van der Waals surface area contributed by atoms with Crippen LogP contribution in [0.15, 0.2) is 89.8 Å². The molecule has 0 aliphatic carbocycles. The normalized spacial score (nSPS) is 17.7. The van der Waals surface area contributed by atoms with Crippen LogP contribution < -0.4 is 4.74 Å². The molecule has 1 unspecified atom stereocenters. The Morgan fingerprint density at radius 1 is 0.939 bits per heavy atom. The summed E-state index contributed by atoms with van der Waals surface area (Å²) in [5, 5.41) is 0. The fourth-order valence-electron chi connectivity index (χ4n) is 3.76. The second-order valence-electron chi connectivity index (χ2n) is 7.66. The SMILES string of the molecule is COOCC1(Sc2ccc(Oc3ccccc3)cc2)CCCN1C(=O)OCc1ccccc1. The molecule has 1 heterocycles. The number of likely N-dealkylation sites (tertiary alicyclic amines) is 1. The number of rotatable bonds is 9. The summed E-state index contributed by atoms with van der Waals surface area (Å²) in [6.45, 7) is 1.06. The smallest absolute Gasteiger partial charge is 0.411 e. The Morgan fingerprint density at radius 2 is 1.61 bits per heavy atom. The topological polar surface area (TPSA) is 57.2 Å². The van der Waals surface area contributed by atoms with Crippen molar-refractivity contribution in [1.29, 1.82) is 0 Å². The number of para-hydroxylation sites is 1. The maximum atomic E-state index is 13.0. The lowest BCUT2D eigenvalue weighted by Gasteiger charge is -2.36. The summed E-state index contributed by atoms with van der Waals surface area (Å²) in [6.07, 6.45) is 1.27. The van der Waals surface area contributed by atoms with Gasteiger partial charge in [-0.15, -0.1) is 0 Å². The minimum atomic E-state index is -0.619. The number of ether oxygens (including phenoxy) is 2. The van der Waals surface area contributed by atoms with Crippen molar-refractivity contribution in [3.8, 4) is 11.5 Å². The molecule has 0 aromatic heterocycles. The summed E-state index contributed by atoms with van der Waals surface area (Å²) < 4.78 is 11.5. The molecule has 0 radical (unpaired) electrons. The van der Waals surface area contributed by atoms with Gasteiger partial charge in [0.2, 0.25) is 0 Å². The largest absolute Gasteiger partial charge is 0.457 e. The van der Waals surface area contributed by atoms with Gasteiger partial charge < -0.3 is 9.47 Å². The maximum Gasteiger partial charge on any atom is 0.411 e. The van der Waals surface area contributed by atoms with E-state index in [0.717, 1.165) is 34.8 Å². The van der Waals surface area contributed by atoms with E-state index >= 15 is 0 Å². The van der Waals surface area contributed by atoms with E-state index in [2.05, 4.69) is 0 Å². The van der Waals surface area contributed by atoms with Crippen LogP contribution in [0.25, 0.3) is 0 Å². The number of amides is 1. The molecule has 1 fully saturated rings. The first-order valence-electron chi connectivity index (χ1n) is 10.8. The second kappa shape index (κ2) is 11.2. The number of benzene rings is 3. The molecule has 0 bridgehead atoms. The first kappa shape index (κ1) is 23.2. The van der Waals surface area contributed by atoms with Crippen LogP contribution in [-0.4, -0.2) is 36.1 Å². The Labute approximate surface area is 198 Å². The van der Waals surface area contributed by atoms with Crippen LogP contribution >= 0.6 is 11.8 Å². The number of carbonyl (C=O) groups excluding carboxylic acids is 1. The molecule has 1 aliphatic rings. The molecular weight excluding hydrogens is 438 g/mol. The number of thioether (sulfide) groups is 1. The van der Waals surface area contributed by atoms with Gasteiger partial charge in [0.05, 0.1) is 7.11 Å². The van der Waals surface area contributed by atoms with E-state index in [-0.39, 0.29) is 19.3 Å². The van der Waals surface area contributed by atoms with Gasteiger partial charge in [-0.25, -0.2) is 14.6 Å². The Bertz CT molecular complexity index is 1020. The Kier molecular flexibility index (Phi) is 7.88. The van der Waals surface area contributed by atoms with Crippen LogP contribution in [0.4, 0.5) is 4.79 Å². The fourth-order valence-corrected chi connectivity index (χ4v) is 5.10. The van der Waals surface area contributed by atoms with Crippen LogP contribution in [0.1, 0.15) is 18.4 Å². The zero-order valence-electron chi connectivity index (χ0n) is 18.5. The minimum absolute atomic E-state index is 0.230. The lowest BCUT2D eigenvalue weighted by atomic mass is 10.2. The Morgan fingerprint density at radius 3 is 2.30 bits per heavy atom. The zero-order chi connectivity index (χ0) is 22.9. The predicted molar refractivity (Wildman–Crippen MR) is 127 cm³/mol. The van der Waals surface area contributed by atoms with Crippen molar-refractivity contribution in [2.24, 2.45) is 0 Å². The van der Waals surface area contributed by atoms with Crippen LogP contribution in [0.3, 0.4) is 0 Å². The molecule has 1 aliphatic heterocycles. The molecule has 0 N–H and O–H groups in total. The standard InChI is InChI=1S/C26H27NO5S/c1-29-31-20-26(17-8-18-27(26)25(28)30-19-21-9-4-2-5-10-21)33-24-15-13-23(14-16-24)32-22-11-6-3-7-12-22/h2-7,9-16H,8,17-20H2,1H3. The van der Waals surface area contributed by atoms with E-state index in [4.69, 9.17) is 19.2 Å². The number of nitrogens with zero attached hydrogens (tertiary/aromatic N) is 1. The molecule has 1 amide bonds. The van der Waals surface area contributed by atoms with Crippen molar-refractivity contribution < 1.29 is 24.0 Å². The van der Waals surface area contributed by atoms with E-state index in [0.29, 0.717) is 6.54 Å². The van der Waals surface area contributed by atoms with Crippen LogP contribution in [0.5, 0.6) is 11.5 Å².